The van der Waals surface area contributed by atoms with Crippen molar-refractivity contribution in [3.63, 3.8) is 0 Å². The maximum atomic E-state index is 3.93. The zero-order valence-electron chi connectivity index (χ0n) is 5.39. The Labute approximate surface area is 44.8 Å². The van der Waals surface area contributed by atoms with Gasteiger partial charge in [0.1, 0.15) is 0 Å². The van der Waals surface area contributed by atoms with Gasteiger partial charge in [0.05, 0.1) is 7.05 Å². The fourth-order valence-electron chi connectivity index (χ4n) is 0.200. The Morgan fingerprint density at radius 3 is 1.86 bits per heavy atom. The topological polar surface area (TPSA) is 21.8 Å². The third-order valence-electron chi connectivity index (χ3n) is 0.971. The standard InChI is InChI=1S/C4H13N3/c1-5-7(4)6(2)3/h7H,1-4H3. The van der Waals surface area contributed by atoms with Crippen LogP contribution < -0.4 is 5.12 Å². The monoisotopic (exact) mass is 103 g/mol. The van der Waals surface area contributed by atoms with Crippen LogP contribution in [0.5, 0.6) is 0 Å². The number of rotatable bonds is 2. The van der Waals surface area contributed by atoms with Gasteiger partial charge in [-0.3, -0.25) is 0 Å². The first-order valence-corrected chi connectivity index (χ1v) is 2.29. The molecule has 1 atom stereocenters. The zero-order chi connectivity index (χ0) is 5.86. The molecule has 0 aromatic heterocycles. The number of quaternary nitrogens is 1. The molecule has 1 unspecified atom stereocenters. The van der Waals surface area contributed by atoms with Crippen LogP contribution >= 0.6 is 0 Å². The van der Waals surface area contributed by atoms with Crippen LogP contribution in [0, 0.1) is 0 Å². The Hall–Kier alpha value is -0.120. The third-order valence-corrected chi connectivity index (χ3v) is 0.971. The van der Waals surface area contributed by atoms with E-state index in [1.807, 2.05) is 26.2 Å². The molecule has 0 fully saturated rings. The average molecular weight is 103 g/mol. The first-order chi connectivity index (χ1) is 3.18. The molecule has 0 bridgehead atoms. The highest BCUT2D eigenvalue weighted by Gasteiger charge is 1.86. The van der Waals surface area contributed by atoms with Crippen molar-refractivity contribution in [1.82, 2.24) is 5.01 Å². The Balaban J connectivity index is 3.14. The summed E-state index contributed by atoms with van der Waals surface area (Å²) < 4.78 is 0. The van der Waals surface area contributed by atoms with Crippen molar-refractivity contribution in [3.05, 3.63) is 5.43 Å². The van der Waals surface area contributed by atoms with Gasteiger partial charge in [-0.15, -0.1) is 7.05 Å². The van der Waals surface area contributed by atoms with E-state index in [0.717, 1.165) is 5.12 Å². The molecular formula is C4H13N3. The van der Waals surface area contributed by atoms with Gasteiger partial charge in [0.2, 0.25) is 0 Å². The molecule has 7 heavy (non-hydrogen) atoms. The minimum Gasteiger partial charge on any atom is -0.437 e. The average Bonchev–Trinajstić information content (AvgIpc) is 1.65. The van der Waals surface area contributed by atoms with Gasteiger partial charge in [-0.2, -0.15) is 5.01 Å². The van der Waals surface area contributed by atoms with Gasteiger partial charge in [0, 0.05) is 14.1 Å². The molecule has 0 amide bonds. The normalized spacial score (nSPS) is 15.0. The maximum absolute atomic E-state index is 3.93. The molecule has 0 aromatic carbocycles. The van der Waals surface area contributed by atoms with E-state index < -0.39 is 0 Å². The molecular weight excluding hydrogens is 90.1 g/mol. The molecule has 0 heterocycles. The summed E-state index contributed by atoms with van der Waals surface area (Å²) in [4.78, 5) is 0. The van der Waals surface area contributed by atoms with Crippen LogP contribution in [0.15, 0.2) is 0 Å². The quantitative estimate of drug-likeness (QED) is 0.440. The second kappa shape index (κ2) is 2.96. The fraction of sp³-hybridized carbons (Fsp3) is 1.00. The van der Waals surface area contributed by atoms with Crippen LogP contribution in [-0.2, 0) is 0 Å². The molecule has 0 saturated heterocycles. The molecule has 3 nitrogen and oxygen atoms in total. The largest absolute Gasteiger partial charge is 0.437 e. The van der Waals surface area contributed by atoms with Crippen LogP contribution in [-0.4, -0.2) is 33.2 Å². The van der Waals surface area contributed by atoms with Crippen LogP contribution in [0.4, 0.5) is 0 Å². The minimum absolute atomic E-state index is 1.06. The highest BCUT2D eigenvalue weighted by Crippen LogP contribution is 1.54. The predicted molar refractivity (Wildman–Crippen MR) is 29.9 cm³/mol. The lowest BCUT2D eigenvalue weighted by molar-refractivity contribution is -0.958. The van der Waals surface area contributed by atoms with Crippen LogP contribution in [0.3, 0.4) is 0 Å². The van der Waals surface area contributed by atoms with Gasteiger partial charge in [-0.25, -0.2) is 0 Å². The molecule has 0 aliphatic heterocycles. The number of hydrogen-bond acceptors (Lipinski definition) is 1. The summed E-state index contributed by atoms with van der Waals surface area (Å²) in [5.41, 5.74) is 3.93. The van der Waals surface area contributed by atoms with E-state index >= 15 is 0 Å². The summed E-state index contributed by atoms with van der Waals surface area (Å²) in [7, 11) is 7.71. The van der Waals surface area contributed by atoms with E-state index in [2.05, 4.69) is 5.43 Å². The Kier molecular flexibility index (Phi) is 2.91. The van der Waals surface area contributed by atoms with Gasteiger partial charge in [-0.05, 0) is 0 Å². The van der Waals surface area contributed by atoms with Crippen LogP contribution in [0.25, 0.3) is 5.43 Å². The molecule has 0 saturated carbocycles. The zero-order valence-corrected chi connectivity index (χ0v) is 5.39. The van der Waals surface area contributed by atoms with Gasteiger partial charge < -0.3 is 10.5 Å². The highest BCUT2D eigenvalue weighted by molar-refractivity contribution is 4.34. The summed E-state index contributed by atoms with van der Waals surface area (Å²) >= 11 is 0. The molecule has 0 rings (SSSR count). The van der Waals surface area contributed by atoms with E-state index in [1.54, 1.807) is 7.05 Å². The van der Waals surface area contributed by atoms with Crippen molar-refractivity contribution in [2.24, 2.45) is 0 Å². The van der Waals surface area contributed by atoms with Gasteiger partial charge in [-0.1, -0.05) is 0 Å². The SMILES string of the molecule is C[N-][NH+](C)N(C)C. The maximum Gasteiger partial charge on any atom is 0.0753 e. The first-order valence-electron chi connectivity index (χ1n) is 2.29. The molecule has 0 spiro atoms. The summed E-state index contributed by atoms with van der Waals surface area (Å²) in [6.07, 6.45) is 0. The molecule has 44 valence electrons. The summed E-state index contributed by atoms with van der Waals surface area (Å²) in [6.45, 7) is 0. The van der Waals surface area contributed by atoms with Crippen molar-refractivity contribution in [3.8, 4) is 0 Å². The lowest BCUT2D eigenvalue weighted by atomic mass is 11.1. The number of hydrogen-bond donors (Lipinski definition) is 1. The summed E-state index contributed by atoms with van der Waals surface area (Å²) in [5.74, 6) is 0. The predicted octanol–water partition coefficient (Wildman–Crippen LogP) is -1.10. The van der Waals surface area contributed by atoms with Gasteiger partial charge in [0.15, 0.2) is 0 Å². The van der Waals surface area contributed by atoms with E-state index in [9.17, 15) is 0 Å². The number of nitrogens with one attached hydrogen (secondary N) is 1. The second-order valence-corrected chi connectivity index (χ2v) is 1.67. The van der Waals surface area contributed by atoms with Crippen molar-refractivity contribution in [1.29, 1.82) is 0 Å². The van der Waals surface area contributed by atoms with E-state index in [1.165, 1.54) is 0 Å². The van der Waals surface area contributed by atoms with E-state index in [0.29, 0.717) is 0 Å². The Morgan fingerprint density at radius 1 is 1.43 bits per heavy atom. The lowest BCUT2D eigenvalue weighted by Gasteiger charge is -2.28. The molecule has 0 radical (unpaired) electrons. The summed E-state index contributed by atoms with van der Waals surface area (Å²) in [6, 6.07) is 0. The molecule has 0 aliphatic carbocycles. The van der Waals surface area contributed by atoms with Gasteiger partial charge >= 0.3 is 0 Å². The molecule has 0 aromatic rings. The first kappa shape index (κ1) is 6.88. The van der Waals surface area contributed by atoms with Crippen molar-refractivity contribution >= 4 is 0 Å². The van der Waals surface area contributed by atoms with Crippen LogP contribution in [0.1, 0.15) is 0 Å². The fourth-order valence-corrected chi connectivity index (χ4v) is 0.200. The van der Waals surface area contributed by atoms with Gasteiger partial charge in [0.25, 0.3) is 0 Å². The van der Waals surface area contributed by atoms with E-state index in [4.69, 9.17) is 0 Å². The smallest absolute Gasteiger partial charge is 0.0753 e. The van der Waals surface area contributed by atoms with E-state index in [-0.39, 0.29) is 0 Å². The second-order valence-electron chi connectivity index (χ2n) is 1.67. The van der Waals surface area contributed by atoms with Crippen molar-refractivity contribution < 1.29 is 5.12 Å². The Bertz CT molecular complexity index is 44.2. The van der Waals surface area contributed by atoms with Crippen LogP contribution in [0.2, 0.25) is 0 Å². The number of nitrogens with zero attached hydrogens (tertiary/aromatic N) is 2. The Morgan fingerprint density at radius 2 is 1.86 bits per heavy atom. The third kappa shape index (κ3) is 2.56. The molecule has 3 heteroatoms. The summed E-state index contributed by atoms with van der Waals surface area (Å²) in [5, 5.41) is 3.03. The minimum atomic E-state index is 1.06. The lowest BCUT2D eigenvalue weighted by Crippen LogP contribution is -3.10. The van der Waals surface area contributed by atoms with Crippen molar-refractivity contribution in [2.75, 3.05) is 28.2 Å². The van der Waals surface area contributed by atoms with Crippen molar-refractivity contribution in [2.45, 2.75) is 0 Å². The highest BCUT2D eigenvalue weighted by atomic mass is 15.8. The molecule has 1 N–H and O–H groups in total. The molecule has 0 aliphatic rings.